The van der Waals surface area contributed by atoms with E-state index in [-0.39, 0.29) is 0 Å². The SMILES string of the molecule is CCc1[c]c(CC)c(C)[c]c1. The van der Waals surface area contributed by atoms with Gasteiger partial charge in [-0.25, -0.2) is 0 Å². The Labute approximate surface area is 69.3 Å². The second-order valence-corrected chi connectivity index (χ2v) is 2.75. The minimum absolute atomic E-state index is 1.06. The molecule has 58 valence electrons. The van der Waals surface area contributed by atoms with Gasteiger partial charge in [0, 0.05) is 0 Å². The van der Waals surface area contributed by atoms with Gasteiger partial charge in [-0.2, -0.15) is 0 Å². The highest BCUT2D eigenvalue weighted by atomic mass is 14.0. The van der Waals surface area contributed by atoms with E-state index in [1.165, 1.54) is 16.7 Å². The average molecular weight is 146 g/mol. The van der Waals surface area contributed by atoms with Crippen molar-refractivity contribution in [3.63, 3.8) is 0 Å². The van der Waals surface area contributed by atoms with Gasteiger partial charge in [-0.1, -0.05) is 19.9 Å². The van der Waals surface area contributed by atoms with Crippen molar-refractivity contribution in [3.8, 4) is 0 Å². The summed E-state index contributed by atoms with van der Waals surface area (Å²) in [6.07, 6.45) is 2.12. The van der Waals surface area contributed by atoms with Gasteiger partial charge in [0.2, 0.25) is 0 Å². The first kappa shape index (κ1) is 8.32. The van der Waals surface area contributed by atoms with Gasteiger partial charge < -0.3 is 0 Å². The molecule has 0 heterocycles. The molecule has 11 heavy (non-hydrogen) atoms. The lowest BCUT2D eigenvalue weighted by atomic mass is 10.0. The highest BCUT2D eigenvalue weighted by molar-refractivity contribution is 5.28. The third kappa shape index (κ3) is 1.83. The Kier molecular flexibility index (Phi) is 2.70. The molecular formula is C11H14. The Bertz CT molecular complexity index is 236. The molecule has 0 bridgehead atoms. The van der Waals surface area contributed by atoms with Crippen molar-refractivity contribution in [2.75, 3.05) is 0 Å². The zero-order chi connectivity index (χ0) is 8.27. The van der Waals surface area contributed by atoms with Gasteiger partial charge in [-0.05, 0) is 48.6 Å². The predicted molar refractivity (Wildman–Crippen MR) is 47.6 cm³/mol. The van der Waals surface area contributed by atoms with E-state index in [0.717, 1.165) is 12.8 Å². The van der Waals surface area contributed by atoms with Crippen molar-refractivity contribution in [2.45, 2.75) is 33.6 Å². The van der Waals surface area contributed by atoms with Gasteiger partial charge in [-0.15, -0.1) is 0 Å². The van der Waals surface area contributed by atoms with Crippen LogP contribution in [-0.2, 0) is 12.8 Å². The molecule has 2 radical (unpaired) electrons. The molecule has 0 N–H and O–H groups in total. The van der Waals surface area contributed by atoms with Gasteiger partial charge in [0.05, 0.1) is 0 Å². The highest BCUT2D eigenvalue weighted by Crippen LogP contribution is 2.10. The number of aryl methyl sites for hydroxylation is 3. The Morgan fingerprint density at radius 3 is 2.55 bits per heavy atom. The molecule has 0 aliphatic carbocycles. The van der Waals surface area contributed by atoms with Gasteiger partial charge >= 0.3 is 0 Å². The lowest BCUT2D eigenvalue weighted by Gasteiger charge is -2.03. The monoisotopic (exact) mass is 146 g/mol. The third-order valence-corrected chi connectivity index (χ3v) is 1.96. The normalized spacial score (nSPS) is 10.1. The molecule has 0 fully saturated rings. The summed E-state index contributed by atoms with van der Waals surface area (Å²) in [5.41, 5.74) is 3.82. The summed E-state index contributed by atoms with van der Waals surface area (Å²) in [6.45, 7) is 6.40. The molecule has 0 saturated heterocycles. The zero-order valence-corrected chi connectivity index (χ0v) is 7.49. The Balaban J connectivity index is 3.02. The maximum Gasteiger partial charge on any atom is -0.0111 e. The Morgan fingerprint density at radius 1 is 1.27 bits per heavy atom. The molecule has 1 aromatic carbocycles. The Morgan fingerprint density at radius 2 is 2.00 bits per heavy atom. The summed E-state index contributed by atoms with van der Waals surface area (Å²) in [4.78, 5) is 0. The predicted octanol–water partition coefficient (Wildman–Crippen LogP) is 2.72. The summed E-state index contributed by atoms with van der Waals surface area (Å²) >= 11 is 0. The summed E-state index contributed by atoms with van der Waals surface area (Å²) < 4.78 is 0. The zero-order valence-electron chi connectivity index (χ0n) is 7.49. The van der Waals surface area contributed by atoms with E-state index >= 15 is 0 Å². The van der Waals surface area contributed by atoms with Crippen LogP contribution in [0.2, 0.25) is 0 Å². The number of rotatable bonds is 2. The van der Waals surface area contributed by atoms with Crippen LogP contribution < -0.4 is 0 Å². The summed E-state index contributed by atoms with van der Waals surface area (Å²) in [5.74, 6) is 0. The van der Waals surface area contributed by atoms with Crippen LogP contribution in [0.3, 0.4) is 0 Å². The first-order valence-electron chi connectivity index (χ1n) is 4.20. The minimum atomic E-state index is 1.06. The standard InChI is InChI=1S/C11H14/c1-4-10-7-6-9(3)11(5-2)8-10/h7H,4-5H2,1-3H3. The van der Waals surface area contributed by atoms with Crippen molar-refractivity contribution in [1.82, 2.24) is 0 Å². The second-order valence-electron chi connectivity index (χ2n) is 2.75. The minimum Gasteiger partial charge on any atom is -0.0613 e. The average Bonchev–Trinajstić information content (AvgIpc) is 2.05. The summed E-state index contributed by atoms with van der Waals surface area (Å²) in [5, 5.41) is 0. The fourth-order valence-electron chi connectivity index (χ4n) is 1.15. The van der Waals surface area contributed by atoms with E-state index in [1.54, 1.807) is 0 Å². The molecule has 0 amide bonds. The molecule has 0 aliphatic rings. The maximum atomic E-state index is 3.38. The molecule has 1 aromatic rings. The fourth-order valence-corrected chi connectivity index (χ4v) is 1.15. The van der Waals surface area contributed by atoms with Crippen LogP contribution in [0.4, 0.5) is 0 Å². The smallest absolute Gasteiger partial charge is 0.0111 e. The molecule has 1 rings (SSSR count). The van der Waals surface area contributed by atoms with Crippen molar-refractivity contribution in [3.05, 3.63) is 34.9 Å². The first-order valence-corrected chi connectivity index (χ1v) is 4.20. The van der Waals surface area contributed by atoms with Crippen molar-refractivity contribution >= 4 is 0 Å². The molecule has 0 atom stereocenters. The van der Waals surface area contributed by atoms with Crippen LogP contribution in [0.1, 0.15) is 30.5 Å². The van der Waals surface area contributed by atoms with E-state index in [4.69, 9.17) is 0 Å². The van der Waals surface area contributed by atoms with Crippen LogP contribution in [0, 0.1) is 19.1 Å². The van der Waals surface area contributed by atoms with Crippen LogP contribution in [0.25, 0.3) is 0 Å². The summed E-state index contributed by atoms with van der Waals surface area (Å²) in [6, 6.07) is 8.66. The van der Waals surface area contributed by atoms with E-state index in [1.807, 2.05) is 6.07 Å². The van der Waals surface area contributed by atoms with E-state index in [2.05, 4.69) is 32.9 Å². The first-order chi connectivity index (χ1) is 5.27. The summed E-state index contributed by atoms with van der Waals surface area (Å²) in [7, 11) is 0. The quantitative estimate of drug-likeness (QED) is 0.601. The Hall–Kier alpha value is -0.780. The van der Waals surface area contributed by atoms with Crippen LogP contribution in [0.15, 0.2) is 6.07 Å². The number of benzene rings is 1. The van der Waals surface area contributed by atoms with Crippen LogP contribution in [-0.4, -0.2) is 0 Å². The van der Waals surface area contributed by atoms with Crippen molar-refractivity contribution < 1.29 is 0 Å². The molecule has 0 nitrogen and oxygen atoms in total. The maximum absolute atomic E-state index is 3.38. The molecule has 0 spiro atoms. The van der Waals surface area contributed by atoms with Crippen molar-refractivity contribution in [1.29, 1.82) is 0 Å². The molecular weight excluding hydrogens is 132 g/mol. The van der Waals surface area contributed by atoms with Gasteiger partial charge in [0.25, 0.3) is 0 Å². The van der Waals surface area contributed by atoms with E-state index in [9.17, 15) is 0 Å². The fraction of sp³-hybridized carbons (Fsp3) is 0.455. The largest absolute Gasteiger partial charge is 0.0613 e. The van der Waals surface area contributed by atoms with E-state index < -0.39 is 0 Å². The van der Waals surface area contributed by atoms with E-state index in [0.29, 0.717) is 0 Å². The lowest BCUT2D eigenvalue weighted by molar-refractivity contribution is 1.06. The van der Waals surface area contributed by atoms with Gasteiger partial charge in [0.1, 0.15) is 0 Å². The topological polar surface area (TPSA) is 0 Å². The van der Waals surface area contributed by atoms with Crippen LogP contribution >= 0.6 is 0 Å². The van der Waals surface area contributed by atoms with Gasteiger partial charge in [-0.3, -0.25) is 0 Å². The molecule has 0 unspecified atom stereocenters. The number of hydrogen-bond acceptors (Lipinski definition) is 0. The van der Waals surface area contributed by atoms with Crippen LogP contribution in [0.5, 0.6) is 0 Å². The van der Waals surface area contributed by atoms with Crippen molar-refractivity contribution in [2.24, 2.45) is 0 Å². The molecule has 0 saturated carbocycles. The molecule has 0 aromatic heterocycles. The lowest BCUT2D eigenvalue weighted by Crippen LogP contribution is -1.90. The number of hydrogen-bond donors (Lipinski definition) is 0. The molecule has 0 aliphatic heterocycles. The highest BCUT2D eigenvalue weighted by Gasteiger charge is 1.97. The molecule has 0 heteroatoms. The second kappa shape index (κ2) is 3.56. The third-order valence-electron chi connectivity index (χ3n) is 1.96. The van der Waals surface area contributed by atoms with Gasteiger partial charge in [0.15, 0.2) is 0 Å².